The van der Waals surface area contributed by atoms with E-state index in [1.807, 2.05) is 67.6 Å². The molecule has 0 saturated carbocycles. The van der Waals surface area contributed by atoms with Crippen LogP contribution in [0.1, 0.15) is 18.1 Å². The summed E-state index contributed by atoms with van der Waals surface area (Å²) in [6, 6.07) is 19.5. The molecule has 0 spiro atoms. The zero-order valence-electron chi connectivity index (χ0n) is 10.0. The largest absolute Gasteiger partial charge is 0.158 e. The number of nitrogens with zero attached hydrogens (tertiary/aromatic N) is 2. The minimum Gasteiger partial charge on any atom is -0.154 e. The van der Waals surface area contributed by atoms with E-state index >= 15 is 0 Å². The van der Waals surface area contributed by atoms with Gasteiger partial charge >= 0.3 is 0 Å². The van der Waals surface area contributed by atoms with E-state index in [0.717, 1.165) is 16.8 Å². The fourth-order valence-corrected chi connectivity index (χ4v) is 1.65. The summed E-state index contributed by atoms with van der Waals surface area (Å²) in [6.45, 7) is 1.91. The second-order valence-electron chi connectivity index (χ2n) is 3.81. The molecule has 0 saturated heterocycles. The summed E-state index contributed by atoms with van der Waals surface area (Å²) in [5.74, 6) is 0. The fraction of sp³-hybridized carbons (Fsp3) is 0.0667. The van der Waals surface area contributed by atoms with Crippen LogP contribution < -0.4 is 0 Å². The van der Waals surface area contributed by atoms with Gasteiger partial charge in [0, 0.05) is 5.56 Å². The van der Waals surface area contributed by atoms with Crippen molar-refractivity contribution in [3.63, 3.8) is 0 Å². The molecule has 3 heteroatoms. The van der Waals surface area contributed by atoms with Crippen LogP contribution in [0.3, 0.4) is 0 Å². The van der Waals surface area contributed by atoms with Gasteiger partial charge in [-0.05, 0) is 12.5 Å². The maximum absolute atomic E-state index is 6.08. The van der Waals surface area contributed by atoms with Crippen molar-refractivity contribution in [2.45, 2.75) is 6.92 Å². The lowest BCUT2D eigenvalue weighted by molar-refractivity contribution is 1.23. The van der Waals surface area contributed by atoms with E-state index in [9.17, 15) is 0 Å². The first-order chi connectivity index (χ1) is 8.77. The van der Waals surface area contributed by atoms with E-state index in [0.29, 0.717) is 5.17 Å². The quantitative estimate of drug-likeness (QED) is 0.584. The highest BCUT2D eigenvalue weighted by Crippen LogP contribution is 2.06. The molecule has 2 aromatic carbocycles. The Balaban J connectivity index is 2.20. The molecule has 2 rings (SSSR count). The minimum absolute atomic E-state index is 0.394. The molecule has 2 aromatic rings. The van der Waals surface area contributed by atoms with E-state index < -0.39 is 0 Å². The summed E-state index contributed by atoms with van der Waals surface area (Å²) in [7, 11) is 0. The first-order valence-corrected chi connectivity index (χ1v) is 6.04. The third-order valence-corrected chi connectivity index (χ3v) is 2.79. The van der Waals surface area contributed by atoms with Crippen molar-refractivity contribution in [3.8, 4) is 0 Å². The molecule has 90 valence electrons. The molecule has 0 heterocycles. The van der Waals surface area contributed by atoms with Crippen molar-refractivity contribution in [1.82, 2.24) is 0 Å². The van der Waals surface area contributed by atoms with Crippen LogP contribution >= 0.6 is 11.6 Å². The lowest BCUT2D eigenvalue weighted by atomic mass is 10.1. The number of hydrogen-bond donors (Lipinski definition) is 0. The Kier molecular flexibility index (Phi) is 4.26. The van der Waals surface area contributed by atoms with Gasteiger partial charge in [0.1, 0.15) is 0 Å². The molecule has 0 N–H and O–H groups in total. The summed E-state index contributed by atoms with van der Waals surface area (Å²) in [4.78, 5) is 0. The van der Waals surface area contributed by atoms with Crippen LogP contribution in [-0.2, 0) is 0 Å². The zero-order chi connectivity index (χ0) is 12.8. The Bertz CT molecular complexity index is 506. The molecule has 0 fully saturated rings. The highest BCUT2D eigenvalue weighted by atomic mass is 35.5. The summed E-state index contributed by atoms with van der Waals surface area (Å²) < 4.78 is 0. The van der Waals surface area contributed by atoms with Crippen molar-refractivity contribution >= 4 is 22.5 Å². The van der Waals surface area contributed by atoms with E-state index in [1.165, 1.54) is 0 Å². The van der Waals surface area contributed by atoms with Crippen molar-refractivity contribution < 1.29 is 0 Å². The monoisotopic (exact) mass is 256 g/mol. The number of hydrogen-bond acceptors (Lipinski definition) is 2. The standard InChI is InChI=1S/C15H13ClN2/c1-12(13-8-4-2-5-9-13)17-18-15(16)14-10-6-3-7-11-14/h2-11H,1H3. The third-order valence-electron chi connectivity index (χ3n) is 2.49. The molecule has 0 atom stereocenters. The van der Waals surface area contributed by atoms with Crippen LogP contribution in [0.4, 0.5) is 0 Å². The predicted octanol–water partition coefficient (Wildman–Crippen LogP) is 4.10. The van der Waals surface area contributed by atoms with Gasteiger partial charge < -0.3 is 0 Å². The Morgan fingerprint density at radius 2 is 1.28 bits per heavy atom. The molecule has 0 bridgehead atoms. The second kappa shape index (κ2) is 6.12. The van der Waals surface area contributed by atoms with Crippen molar-refractivity contribution in [2.75, 3.05) is 0 Å². The van der Waals surface area contributed by atoms with Gasteiger partial charge in [-0.3, -0.25) is 0 Å². The van der Waals surface area contributed by atoms with Gasteiger partial charge in [0.05, 0.1) is 5.71 Å². The molecule has 18 heavy (non-hydrogen) atoms. The van der Waals surface area contributed by atoms with Crippen molar-refractivity contribution in [3.05, 3.63) is 71.8 Å². The highest BCUT2D eigenvalue weighted by Gasteiger charge is 1.98. The topological polar surface area (TPSA) is 24.7 Å². The average Bonchev–Trinajstić information content (AvgIpc) is 2.46. The van der Waals surface area contributed by atoms with Crippen molar-refractivity contribution in [2.24, 2.45) is 10.2 Å². The summed E-state index contributed by atoms with van der Waals surface area (Å²) in [5.41, 5.74) is 2.74. The van der Waals surface area contributed by atoms with Crippen LogP contribution in [0.2, 0.25) is 0 Å². The first kappa shape index (κ1) is 12.5. The van der Waals surface area contributed by atoms with Gasteiger partial charge in [-0.1, -0.05) is 72.3 Å². The molecule has 0 aliphatic rings. The minimum atomic E-state index is 0.394. The van der Waals surface area contributed by atoms with E-state index in [-0.39, 0.29) is 0 Å². The number of halogens is 1. The van der Waals surface area contributed by atoms with Gasteiger partial charge in [0.25, 0.3) is 0 Å². The molecular formula is C15H13ClN2. The van der Waals surface area contributed by atoms with E-state index in [4.69, 9.17) is 11.6 Å². The molecule has 0 radical (unpaired) electrons. The second-order valence-corrected chi connectivity index (χ2v) is 4.17. The fourth-order valence-electron chi connectivity index (χ4n) is 1.49. The van der Waals surface area contributed by atoms with E-state index in [2.05, 4.69) is 10.2 Å². The van der Waals surface area contributed by atoms with Gasteiger partial charge in [-0.25, -0.2) is 0 Å². The van der Waals surface area contributed by atoms with Gasteiger partial charge in [0.2, 0.25) is 0 Å². The van der Waals surface area contributed by atoms with Crippen molar-refractivity contribution in [1.29, 1.82) is 0 Å². The average molecular weight is 257 g/mol. The van der Waals surface area contributed by atoms with Crippen LogP contribution in [0.15, 0.2) is 70.9 Å². The summed E-state index contributed by atoms with van der Waals surface area (Å²) in [5, 5.41) is 8.58. The molecular weight excluding hydrogens is 244 g/mol. The Hall–Kier alpha value is -1.93. The van der Waals surface area contributed by atoms with E-state index in [1.54, 1.807) is 0 Å². The highest BCUT2D eigenvalue weighted by molar-refractivity contribution is 6.69. The normalized spacial score (nSPS) is 12.6. The smallest absolute Gasteiger partial charge is 0.154 e. The molecule has 0 unspecified atom stereocenters. The Labute approximate surface area is 112 Å². The van der Waals surface area contributed by atoms with Gasteiger partial charge in [-0.2, -0.15) is 5.10 Å². The Morgan fingerprint density at radius 1 is 0.778 bits per heavy atom. The van der Waals surface area contributed by atoms with Gasteiger partial charge in [0.15, 0.2) is 5.17 Å². The lowest BCUT2D eigenvalue weighted by Crippen LogP contribution is -1.94. The van der Waals surface area contributed by atoms with Crippen LogP contribution in [0.5, 0.6) is 0 Å². The van der Waals surface area contributed by atoms with Crippen LogP contribution in [0.25, 0.3) is 0 Å². The van der Waals surface area contributed by atoms with Crippen LogP contribution in [-0.4, -0.2) is 10.9 Å². The molecule has 0 amide bonds. The predicted molar refractivity (Wildman–Crippen MR) is 77.5 cm³/mol. The lowest BCUT2D eigenvalue weighted by Gasteiger charge is -1.98. The third kappa shape index (κ3) is 3.28. The van der Waals surface area contributed by atoms with Gasteiger partial charge in [-0.15, -0.1) is 5.10 Å². The first-order valence-electron chi connectivity index (χ1n) is 5.66. The van der Waals surface area contributed by atoms with Crippen LogP contribution in [0, 0.1) is 0 Å². The molecule has 0 aromatic heterocycles. The molecule has 2 nitrogen and oxygen atoms in total. The maximum Gasteiger partial charge on any atom is 0.158 e. The molecule has 0 aliphatic carbocycles. The summed E-state index contributed by atoms with van der Waals surface area (Å²) >= 11 is 6.08. The SMILES string of the molecule is CC(=NN=C(Cl)c1ccccc1)c1ccccc1. The number of rotatable bonds is 3. The zero-order valence-corrected chi connectivity index (χ0v) is 10.8. The maximum atomic E-state index is 6.08. The summed E-state index contributed by atoms with van der Waals surface area (Å²) in [6.07, 6.45) is 0. The molecule has 0 aliphatic heterocycles. The number of benzene rings is 2. The Morgan fingerprint density at radius 3 is 1.83 bits per heavy atom.